The number of primary amides is 1. The minimum absolute atomic E-state index is 0.00806. The minimum Gasteiger partial charge on any atom is -0.380 e. The first kappa shape index (κ1) is 45.1. The van der Waals surface area contributed by atoms with Gasteiger partial charge >= 0.3 is 0 Å². The summed E-state index contributed by atoms with van der Waals surface area (Å²) in [5.41, 5.74) is 6.89. The van der Waals surface area contributed by atoms with Gasteiger partial charge in [-0.25, -0.2) is 19.3 Å². The number of hydrogen-bond donors (Lipinski definition) is 5. The highest BCUT2D eigenvalue weighted by molar-refractivity contribution is 6.31. The van der Waals surface area contributed by atoms with Gasteiger partial charge in [0.25, 0.3) is 17.7 Å². The number of halogens is 2. The van der Waals surface area contributed by atoms with Gasteiger partial charge in [-0.2, -0.15) is 0 Å². The van der Waals surface area contributed by atoms with Crippen molar-refractivity contribution in [3.05, 3.63) is 134 Å². The van der Waals surface area contributed by atoms with Crippen LogP contribution in [0.15, 0.2) is 67.1 Å². The summed E-state index contributed by atoms with van der Waals surface area (Å²) in [5, 5.41) is 38.2. The molecule has 2 atom stereocenters. The van der Waals surface area contributed by atoms with Crippen LogP contribution in [-0.4, -0.2) is 91.4 Å². The first-order valence-electron chi connectivity index (χ1n) is 24.0. The number of nitrogens with two attached hydrogens (primary N) is 1. The second kappa shape index (κ2) is 16.2. The molecule has 3 aliphatic carbocycles. The van der Waals surface area contributed by atoms with Crippen LogP contribution >= 0.6 is 11.6 Å². The zero-order chi connectivity index (χ0) is 49.3. The first-order valence-corrected chi connectivity index (χ1v) is 24.4. The largest absolute Gasteiger partial charge is 0.380 e. The van der Waals surface area contributed by atoms with Crippen molar-refractivity contribution >= 4 is 29.3 Å². The fraction of sp³-hybridized carbons (Fsp3) is 0.370. The molecule has 3 saturated carbocycles. The number of hydrogen-bond acceptors (Lipinski definition) is 9. The molecular formula is C54H49ClFN9O6. The summed E-state index contributed by atoms with van der Waals surface area (Å²) in [6, 6.07) is 15.8. The highest BCUT2D eigenvalue weighted by Crippen LogP contribution is 2.58. The monoisotopic (exact) mass is 973 g/mol. The maximum Gasteiger partial charge on any atom is 0.272 e. The number of aliphatic hydroxyl groups is 3. The van der Waals surface area contributed by atoms with Gasteiger partial charge in [0.15, 0.2) is 5.69 Å². The number of benzene rings is 3. The topological polar surface area (TPSA) is 207 Å². The molecular weight excluding hydrogens is 925 g/mol. The normalized spacial score (nSPS) is 24.3. The van der Waals surface area contributed by atoms with E-state index in [1.807, 2.05) is 36.4 Å². The van der Waals surface area contributed by atoms with Gasteiger partial charge in [0.05, 0.1) is 40.7 Å². The third kappa shape index (κ3) is 7.13. The molecule has 1 saturated heterocycles. The number of imidazole rings is 3. The zero-order valence-electron chi connectivity index (χ0n) is 39.0. The van der Waals surface area contributed by atoms with Crippen molar-refractivity contribution in [1.82, 2.24) is 38.9 Å². The van der Waals surface area contributed by atoms with Crippen molar-refractivity contribution in [1.29, 1.82) is 0 Å². The first-order chi connectivity index (χ1) is 34.0. The van der Waals surface area contributed by atoms with Gasteiger partial charge in [0.1, 0.15) is 34.9 Å². The Morgan fingerprint density at radius 2 is 1.69 bits per heavy atom. The van der Waals surface area contributed by atoms with Gasteiger partial charge in [0.2, 0.25) is 5.60 Å². The number of likely N-dealkylation sites (tertiary alicyclic amines) is 1. The third-order valence-electron chi connectivity index (χ3n) is 15.9. The molecule has 360 valence electrons. The predicted octanol–water partition coefficient (Wildman–Crippen LogP) is 5.72. The molecule has 8 heterocycles. The van der Waals surface area contributed by atoms with Crippen LogP contribution in [0.25, 0.3) is 22.8 Å². The number of rotatable bonds is 7. The number of aliphatic hydroxyl groups excluding tert-OH is 1. The molecule has 8 aliphatic rings. The van der Waals surface area contributed by atoms with E-state index >= 15 is 9.18 Å². The number of likely N-dealkylation sites (N-methyl/N-ethyl adjacent to an activating group) is 1. The number of amides is 3. The van der Waals surface area contributed by atoms with Crippen LogP contribution in [0.3, 0.4) is 0 Å². The second-order valence-electron chi connectivity index (χ2n) is 20.3. The zero-order valence-corrected chi connectivity index (χ0v) is 39.7. The molecule has 3 amide bonds. The number of nitrogens with one attached hydrogen (secondary N) is 1. The Balaban J connectivity index is 0.993. The predicted molar refractivity (Wildman–Crippen MR) is 258 cm³/mol. The summed E-state index contributed by atoms with van der Waals surface area (Å²) in [6.45, 7) is 0.397. The Morgan fingerprint density at radius 1 is 0.944 bits per heavy atom. The van der Waals surface area contributed by atoms with Gasteiger partial charge in [-0.15, -0.1) is 0 Å². The summed E-state index contributed by atoms with van der Waals surface area (Å²) in [7, 11) is 3.36. The molecule has 14 rings (SSSR count). The summed E-state index contributed by atoms with van der Waals surface area (Å²) in [6.07, 6.45) is 6.68. The average molecular weight is 974 g/mol. The molecule has 4 fully saturated rings. The maximum atomic E-state index is 16.7. The molecule has 6 N–H and O–H groups in total. The average Bonchev–Trinajstić information content (AvgIpc) is 4.13. The highest BCUT2D eigenvalue weighted by atomic mass is 35.5. The molecule has 17 heteroatoms. The van der Waals surface area contributed by atoms with Crippen molar-refractivity contribution in [3.8, 4) is 46.5 Å². The number of carbonyl (C=O) groups excluding carboxylic acids is 3. The molecule has 0 radical (unpaired) electrons. The van der Waals surface area contributed by atoms with Crippen molar-refractivity contribution in [2.45, 2.75) is 105 Å². The van der Waals surface area contributed by atoms with Gasteiger partial charge < -0.3 is 45.0 Å². The lowest BCUT2D eigenvalue weighted by molar-refractivity contribution is -0.137. The summed E-state index contributed by atoms with van der Waals surface area (Å²) in [4.78, 5) is 57.2. The summed E-state index contributed by atoms with van der Waals surface area (Å²) in [5.74, 6) is 10.3. The molecule has 5 aliphatic heterocycles. The molecule has 3 aromatic heterocycles. The van der Waals surface area contributed by atoms with E-state index < -0.39 is 52.4 Å². The molecule has 0 spiro atoms. The third-order valence-corrected chi connectivity index (χ3v) is 16.2. The Kier molecular flexibility index (Phi) is 10.3. The minimum atomic E-state index is -1.79. The van der Waals surface area contributed by atoms with E-state index in [0.29, 0.717) is 58.3 Å². The van der Waals surface area contributed by atoms with E-state index in [4.69, 9.17) is 27.3 Å². The lowest BCUT2D eigenvalue weighted by Gasteiger charge is -2.48. The van der Waals surface area contributed by atoms with Crippen LogP contribution in [0.2, 0.25) is 5.02 Å². The van der Waals surface area contributed by atoms with E-state index in [0.717, 1.165) is 42.4 Å². The molecule has 15 nitrogen and oxygen atoms in total. The van der Waals surface area contributed by atoms with Crippen LogP contribution in [0, 0.1) is 29.5 Å². The van der Waals surface area contributed by atoms with Crippen molar-refractivity contribution in [2.24, 2.45) is 12.8 Å². The van der Waals surface area contributed by atoms with E-state index in [-0.39, 0.29) is 66.1 Å². The Morgan fingerprint density at radius 3 is 2.39 bits per heavy atom. The molecule has 1 unspecified atom stereocenters. The van der Waals surface area contributed by atoms with Gasteiger partial charge in [-0.1, -0.05) is 59.5 Å². The SMILES string of the molecule is CN1CC[C@](O)(C#Cc2ccc3c(c2)-c2nc(C(=O)NC45CC(C4)n4c(nc(C(N)=O)c4C(O)c4cncn4C)-c4cc(C#CC6(O)CCCC6)c(F)cc45)c(Cc4ccccc4Cl)n2C2CC3C2)C1=O. The second-order valence-corrected chi connectivity index (χ2v) is 20.7. The van der Waals surface area contributed by atoms with E-state index in [9.17, 15) is 24.9 Å². The van der Waals surface area contributed by atoms with Gasteiger partial charge in [0, 0.05) is 67.3 Å². The van der Waals surface area contributed by atoms with Crippen molar-refractivity contribution < 1.29 is 34.1 Å². The van der Waals surface area contributed by atoms with Crippen molar-refractivity contribution in [3.63, 3.8) is 0 Å². The molecule has 4 bridgehead atoms. The smallest absolute Gasteiger partial charge is 0.272 e. The highest BCUT2D eigenvalue weighted by Gasteiger charge is 2.55. The maximum absolute atomic E-state index is 16.7. The number of nitrogens with zero attached hydrogens (tertiary/aromatic N) is 7. The van der Waals surface area contributed by atoms with Crippen LogP contribution in [0.4, 0.5) is 4.39 Å². The lowest BCUT2D eigenvalue weighted by Crippen LogP contribution is -2.54. The van der Waals surface area contributed by atoms with Gasteiger partial charge in [-0.05, 0) is 104 Å². The Bertz CT molecular complexity index is 3430. The standard InChI is InChI=1S/C54H49ClFN9O6/c1-62-18-17-54(71,51(62)69)16-11-29-9-10-35-32-20-33(21-32)64-41(23-30-7-3-4-8-39(30)55)43(59-48(64)36(35)19-29)50(68)61-53-25-34(26-53)65-45(46(66)42-27-58-28-63(42)2)44(47(57)67)60-49(65)37-22-31(40(56)24-38(37)53)12-15-52(70)13-5-6-14-52/h3-4,7-10,19,22,24,27-28,32-34,46,66,70-71H,5-6,13-14,17-18,20-21,23,25-26H2,1-2H3,(H2,57,67)(H,61,68)/t32?,33?,34?,46?,53?,54-/m1/s1. The number of carbonyl (C=O) groups is 3. The van der Waals surface area contributed by atoms with E-state index in [1.165, 1.54) is 23.5 Å². The summed E-state index contributed by atoms with van der Waals surface area (Å²) >= 11 is 6.84. The summed E-state index contributed by atoms with van der Waals surface area (Å²) < 4.78 is 22.3. The number of aromatic nitrogens is 6. The lowest BCUT2D eigenvalue weighted by atomic mass is 9.67. The van der Waals surface area contributed by atoms with E-state index in [2.05, 4.69) is 38.5 Å². The van der Waals surface area contributed by atoms with Crippen LogP contribution in [0.1, 0.15) is 148 Å². The van der Waals surface area contributed by atoms with Crippen molar-refractivity contribution in [2.75, 3.05) is 13.6 Å². The molecule has 3 aromatic carbocycles. The fourth-order valence-electron chi connectivity index (χ4n) is 11.9. The Labute approximate surface area is 412 Å². The van der Waals surface area contributed by atoms with Crippen LogP contribution in [-0.2, 0) is 23.8 Å². The quantitative estimate of drug-likeness (QED) is 0.124. The fourth-order valence-corrected chi connectivity index (χ4v) is 12.1. The van der Waals surface area contributed by atoms with E-state index in [1.54, 1.807) is 35.4 Å². The Hall–Kier alpha value is -7.08. The van der Waals surface area contributed by atoms with Crippen LogP contribution in [0.5, 0.6) is 0 Å². The number of aryl methyl sites for hydroxylation is 1. The van der Waals surface area contributed by atoms with Crippen LogP contribution < -0.4 is 11.1 Å². The molecule has 6 aromatic rings. The van der Waals surface area contributed by atoms with Gasteiger partial charge in [-0.3, -0.25) is 14.4 Å². The molecule has 71 heavy (non-hydrogen) atoms.